The molecule has 0 aliphatic heterocycles. The van der Waals surface area contributed by atoms with E-state index in [9.17, 15) is 13.2 Å². The van der Waals surface area contributed by atoms with E-state index in [0.29, 0.717) is 41.4 Å². The molecule has 0 aliphatic rings. The van der Waals surface area contributed by atoms with Gasteiger partial charge in [-0.05, 0) is 54.7 Å². The highest BCUT2D eigenvalue weighted by Gasteiger charge is 2.26. The molecule has 0 saturated heterocycles. The maximum absolute atomic E-state index is 13.6. The fraction of sp³-hybridized carbons (Fsp3) is 0.304. The van der Waals surface area contributed by atoms with E-state index in [4.69, 9.17) is 0 Å². The summed E-state index contributed by atoms with van der Waals surface area (Å²) in [6.45, 7) is 8.33. The summed E-state index contributed by atoms with van der Waals surface area (Å²) in [4.78, 5) is 11.5. The lowest BCUT2D eigenvalue weighted by Crippen LogP contribution is -2.32. The second-order valence-electron chi connectivity index (χ2n) is 7.61. The molecule has 0 spiro atoms. The first-order chi connectivity index (χ1) is 14.2. The Morgan fingerprint density at radius 1 is 1.03 bits per heavy atom. The molecule has 1 heterocycles. The largest absolute Gasteiger partial charge is 0.268 e. The van der Waals surface area contributed by atoms with Gasteiger partial charge in [-0.2, -0.15) is 5.10 Å². The Bertz CT molecular complexity index is 1160. The van der Waals surface area contributed by atoms with Crippen molar-refractivity contribution in [1.82, 2.24) is 10.2 Å². The molecule has 0 unspecified atom stereocenters. The first-order valence-corrected chi connectivity index (χ1v) is 11.5. The third-order valence-corrected chi connectivity index (χ3v) is 6.97. The number of sulfonamides is 1. The molecule has 0 amide bonds. The van der Waals surface area contributed by atoms with Crippen molar-refractivity contribution in [3.63, 3.8) is 0 Å². The van der Waals surface area contributed by atoms with Gasteiger partial charge in [-0.1, -0.05) is 45.0 Å². The van der Waals surface area contributed by atoms with Crippen LogP contribution in [0.5, 0.6) is 0 Å². The van der Waals surface area contributed by atoms with Crippen LogP contribution in [0.1, 0.15) is 44.2 Å². The fourth-order valence-electron chi connectivity index (χ4n) is 3.28. The van der Waals surface area contributed by atoms with E-state index >= 15 is 0 Å². The van der Waals surface area contributed by atoms with Crippen molar-refractivity contribution in [2.24, 2.45) is 0 Å². The van der Waals surface area contributed by atoms with Crippen molar-refractivity contribution in [2.75, 3.05) is 10.8 Å². The van der Waals surface area contributed by atoms with Crippen molar-refractivity contribution in [3.05, 3.63) is 76.1 Å². The van der Waals surface area contributed by atoms with Crippen LogP contribution in [0.4, 0.5) is 5.69 Å². The van der Waals surface area contributed by atoms with Gasteiger partial charge in [-0.15, -0.1) is 0 Å². The topological polar surface area (TPSA) is 83.1 Å². The number of hydrogen-bond acceptors (Lipinski definition) is 4. The molecule has 0 atom stereocenters. The summed E-state index contributed by atoms with van der Waals surface area (Å²) in [5, 5.41) is 6.41. The molecule has 7 heteroatoms. The highest BCUT2D eigenvalue weighted by Crippen LogP contribution is 2.30. The summed E-state index contributed by atoms with van der Waals surface area (Å²) in [5.74, 6) is 0.374. The number of aryl methyl sites for hydroxylation is 1. The number of aromatic amines is 1. The van der Waals surface area contributed by atoms with Crippen LogP contribution in [-0.2, 0) is 10.0 Å². The number of benzene rings is 2. The zero-order valence-corrected chi connectivity index (χ0v) is 18.5. The number of rotatable bonds is 7. The van der Waals surface area contributed by atoms with Gasteiger partial charge in [0.05, 0.1) is 16.3 Å². The summed E-state index contributed by atoms with van der Waals surface area (Å²) < 4.78 is 28.8. The van der Waals surface area contributed by atoms with Crippen LogP contribution in [0.15, 0.2) is 64.3 Å². The van der Waals surface area contributed by atoms with Crippen molar-refractivity contribution in [1.29, 1.82) is 0 Å². The smallest absolute Gasteiger partial charge is 0.264 e. The zero-order chi connectivity index (χ0) is 21.9. The van der Waals surface area contributed by atoms with E-state index in [-0.39, 0.29) is 10.5 Å². The molecule has 2 aromatic carbocycles. The Morgan fingerprint density at radius 2 is 1.73 bits per heavy atom. The molecular formula is C23H27N3O3S. The van der Waals surface area contributed by atoms with Crippen LogP contribution in [0.3, 0.4) is 0 Å². The maximum atomic E-state index is 13.6. The molecule has 158 valence electrons. The number of anilines is 1. The molecule has 6 nitrogen and oxygen atoms in total. The predicted molar refractivity (Wildman–Crippen MR) is 120 cm³/mol. The summed E-state index contributed by atoms with van der Waals surface area (Å²) in [5.41, 5.74) is 3.29. The molecule has 0 bridgehead atoms. The average molecular weight is 426 g/mol. The van der Waals surface area contributed by atoms with Crippen molar-refractivity contribution >= 4 is 15.7 Å². The van der Waals surface area contributed by atoms with Crippen LogP contribution in [0.2, 0.25) is 0 Å². The van der Waals surface area contributed by atoms with Gasteiger partial charge in [0, 0.05) is 18.2 Å². The lowest BCUT2D eigenvalue weighted by atomic mass is 10.0. The second-order valence-corrected chi connectivity index (χ2v) is 9.44. The predicted octanol–water partition coefficient (Wildman–Crippen LogP) is 4.47. The molecule has 0 radical (unpaired) electrons. The van der Waals surface area contributed by atoms with Gasteiger partial charge in [0.25, 0.3) is 15.6 Å². The number of hydrogen-bond donors (Lipinski definition) is 1. The first kappa shape index (κ1) is 21.8. The number of aromatic nitrogens is 2. The Morgan fingerprint density at radius 3 is 2.30 bits per heavy atom. The Kier molecular flexibility index (Phi) is 6.41. The van der Waals surface area contributed by atoms with Crippen LogP contribution in [0.25, 0.3) is 11.3 Å². The standard InChI is InChI=1S/C23H27N3O3S/c1-5-14-26(20-10-8-18(9-11-20)16(2)3)30(28,29)22-15-19(7-6-17(22)4)21-12-13-23(27)25-24-21/h6-13,15-16H,5,14H2,1-4H3,(H,25,27). The van der Waals surface area contributed by atoms with E-state index in [1.165, 1.54) is 10.4 Å². The van der Waals surface area contributed by atoms with Gasteiger partial charge in [0.15, 0.2) is 0 Å². The summed E-state index contributed by atoms with van der Waals surface area (Å²) in [7, 11) is -3.79. The van der Waals surface area contributed by atoms with Crippen molar-refractivity contribution in [3.8, 4) is 11.3 Å². The maximum Gasteiger partial charge on any atom is 0.264 e. The monoisotopic (exact) mass is 425 g/mol. The quantitative estimate of drug-likeness (QED) is 0.605. The Labute approximate surface area is 177 Å². The first-order valence-electron chi connectivity index (χ1n) is 10.0. The SMILES string of the molecule is CCCN(c1ccc(C(C)C)cc1)S(=O)(=O)c1cc(-c2ccc(=O)[nH]n2)ccc1C. The number of H-pyrrole nitrogens is 1. The summed E-state index contributed by atoms with van der Waals surface area (Å²) in [6.07, 6.45) is 0.686. The highest BCUT2D eigenvalue weighted by atomic mass is 32.2. The van der Waals surface area contributed by atoms with Crippen LogP contribution in [0, 0.1) is 6.92 Å². The van der Waals surface area contributed by atoms with Gasteiger partial charge in [-0.25, -0.2) is 13.5 Å². The molecule has 0 fully saturated rings. The van der Waals surface area contributed by atoms with Crippen molar-refractivity contribution < 1.29 is 8.42 Å². The van der Waals surface area contributed by atoms with Crippen LogP contribution >= 0.6 is 0 Å². The van der Waals surface area contributed by atoms with Gasteiger partial charge in [0.1, 0.15) is 0 Å². The number of nitrogens with one attached hydrogen (secondary N) is 1. The minimum Gasteiger partial charge on any atom is -0.268 e. The highest BCUT2D eigenvalue weighted by molar-refractivity contribution is 7.92. The summed E-state index contributed by atoms with van der Waals surface area (Å²) >= 11 is 0. The Balaban J connectivity index is 2.07. The van der Waals surface area contributed by atoms with E-state index < -0.39 is 10.0 Å². The van der Waals surface area contributed by atoms with Crippen LogP contribution in [-0.4, -0.2) is 25.2 Å². The number of nitrogens with zero attached hydrogens (tertiary/aromatic N) is 2. The van der Waals surface area contributed by atoms with E-state index in [2.05, 4.69) is 24.0 Å². The normalized spacial score (nSPS) is 11.6. The van der Waals surface area contributed by atoms with Gasteiger partial charge < -0.3 is 0 Å². The van der Waals surface area contributed by atoms with Crippen molar-refractivity contribution in [2.45, 2.75) is 44.9 Å². The average Bonchev–Trinajstić information content (AvgIpc) is 2.73. The minimum atomic E-state index is -3.79. The third kappa shape index (κ3) is 4.46. The molecular weight excluding hydrogens is 398 g/mol. The van der Waals surface area contributed by atoms with E-state index in [1.54, 1.807) is 31.2 Å². The molecule has 1 aromatic heterocycles. The Hall–Kier alpha value is -2.93. The zero-order valence-electron chi connectivity index (χ0n) is 17.7. The van der Waals surface area contributed by atoms with E-state index in [1.807, 2.05) is 31.2 Å². The fourth-order valence-corrected chi connectivity index (χ4v) is 5.09. The molecule has 0 saturated carbocycles. The van der Waals surface area contributed by atoms with Crippen LogP contribution < -0.4 is 9.86 Å². The molecule has 3 rings (SSSR count). The summed E-state index contributed by atoms with van der Waals surface area (Å²) in [6, 6.07) is 15.8. The molecule has 0 aliphatic carbocycles. The lowest BCUT2D eigenvalue weighted by molar-refractivity contribution is 0.589. The minimum absolute atomic E-state index is 0.231. The molecule has 30 heavy (non-hydrogen) atoms. The molecule has 1 N–H and O–H groups in total. The van der Waals surface area contributed by atoms with E-state index in [0.717, 1.165) is 5.56 Å². The lowest BCUT2D eigenvalue weighted by Gasteiger charge is -2.25. The van der Waals surface area contributed by atoms with Gasteiger partial charge in [-0.3, -0.25) is 9.10 Å². The van der Waals surface area contributed by atoms with Gasteiger partial charge >= 0.3 is 0 Å². The molecule has 3 aromatic rings. The third-order valence-electron chi connectivity index (χ3n) is 5.01. The van der Waals surface area contributed by atoms with Gasteiger partial charge in [0.2, 0.25) is 0 Å². The second kappa shape index (κ2) is 8.83.